The smallest absolute Gasteiger partial charge is 0.251 e. The van der Waals surface area contributed by atoms with Gasteiger partial charge in [0.15, 0.2) is 11.5 Å². The minimum absolute atomic E-state index is 0.124. The van der Waals surface area contributed by atoms with Gasteiger partial charge in [0.2, 0.25) is 0 Å². The number of ether oxygens (including phenoxy) is 2. The van der Waals surface area contributed by atoms with Crippen LogP contribution in [0.3, 0.4) is 0 Å². The van der Waals surface area contributed by atoms with E-state index in [-0.39, 0.29) is 5.91 Å². The van der Waals surface area contributed by atoms with Crippen molar-refractivity contribution >= 4 is 5.91 Å². The van der Waals surface area contributed by atoms with E-state index in [2.05, 4.69) is 10.3 Å². The summed E-state index contributed by atoms with van der Waals surface area (Å²) in [6.07, 6.45) is 6.24. The largest absolute Gasteiger partial charge is 0.493 e. The molecule has 112 valence electrons. The Morgan fingerprint density at radius 1 is 1.29 bits per heavy atom. The maximum Gasteiger partial charge on any atom is 0.251 e. The fraction of sp³-hybridized carbons (Fsp3) is 0.333. The lowest BCUT2D eigenvalue weighted by molar-refractivity contribution is 0.0952. The Labute approximate surface area is 123 Å². The molecule has 0 atom stereocenters. The minimum atomic E-state index is -0.124. The summed E-state index contributed by atoms with van der Waals surface area (Å²) in [4.78, 5) is 16.0. The molecule has 1 N–H and O–H groups in total. The molecule has 2 rings (SSSR count). The third kappa shape index (κ3) is 3.98. The van der Waals surface area contributed by atoms with Gasteiger partial charge in [0.1, 0.15) is 0 Å². The molecule has 0 fully saturated rings. The Hall–Kier alpha value is -2.50. The van der Waals surface area contributed by atoms with Gasteiger partial charge in [0, 0.05) is 31.0 Å². The zero-order valence-corrected chi connectivity index (χ0v) is 12.2. The summed E-state index contributed by atoms with van der Waals surface area (Å²) < 4.78 is 12.3. The molecule has 1 aromatic heterocycles. The van der Waals surface area contributed by atoms with Gasteiger partial charge in [-0.1, -0.05) is 0 Å². The first-order valence-electron chi connectivity index (χ1n) is 6.70. The highest BCUT2D eigenvalue weighted by Gasteiger charge is 2.10. The number of imidazole rings is 1. The number of methoxy groups -OCH3 is 2. The molecular weight excluding hydrogens is 270 g/mol. The third-order valence-corrected chi connectivity index (χ3v) is 3.08. The highest BCUT2D eigenvalue weighted by molar-refractivity contribution is 5.94. The van der Waals surface area contributed by atoms with Crippen LogP contribution in [-0.2, 0) is 6.54 Å². The number of amides is 1. The van der Waals surface area contributed by atoms with E-state index in [9.17, 15) is 4.79 Å². The lowest BCUT2D eigenvalue weighted by atomic mass is 10.2. The maximum atomic E-state index is 12.0. The van der Waals surface area contributed by atoms with Crippen molar-refractivity contribution in [1.29, 1.82) is 0 Å². The van der Waals surface area contributed by atoms with Crippen LogP contribution in [-0.4, -0.2) is 36.2 Å². The quantitative estimate of drug-likeness (QED) is 0.788. The van der Waals surface area contributed by atoms with Gasteiger partial charge in [-0.15, -0.1) is 0 Å². The lowest BCUT2D eigenvalue weighted by Crippen LogP contribution is -2.25. The van der Waals surface area contributed by atoms with Crippen molar-refractivity contribution in [3.8, 4) is 11.5 Å². The number of nitrogens with one attached hydrogen (secondary N) is 1. The van der Waals surface area contributed by atoms with Crippen LogP contribution in [0.15, 0.2) is 36.9 Å². The molecule has 0 unspecified atom stereocenters. The van der Waals surface area contributed by atoms with Gasteiger partial charge in [-0.05, 0) is 24.6 Å². The fourth-order valence-corrected chi connectivity index (χ4v) is 1.96. The SMILES string of the molecule is COc1ccc(C(=O)NCCCn2ccnc2)cc1OC. The predicted octanol–water partition coefficient (Wildman–Crippen LogP) is 1.72. The summed E-state index contributed by atoms with van der Waals surface area (Å²) in [5.74, 6) is 1.03. The molecule has 6 nitrogen and oxygen atoms in total. The first kappa shape index (κ1) is 14.9. The number of carbonyl (C=O) groups is 1. The maximum absolute atomic E-state index is 12.0. The Kier molecular flexibility index (Phi) is 5.20. The molecule has 0 aliphatic rings. The molecule has 1 heterocycles. The van der Waals surface area contributed by atoms with E-state index < -0.39 is 0 Å². The average Bonchev–Trinajstić information content (AvgIpc) is 3.04. The van der Waals surface area contributed by atoms with Crippen LogP contribution >= 0.6 is 0 Å². The first-order chi connectivity index (χ1) is 10.2. The third-order valence-electron chi connectivity index (χ3n) is 3.08. The number of benzene rings is 1. The van der Waals surface area contributed by atoms with E-state index in [4.69, 9.17) is 9.47 Å². The van der Waals surface area contributed by atoms with E-state index in [1.165, 1.54) is 0 Å². The number of hydrogen-bond donors (Lipinski definition) is 1. The van der Waals surface area contributed by atoms with E-state index in [1.807, 2.05) is 10.8 Å². The molecule has 21 heavy (non-hydrogen) atoms. The van der Waals surface area contributed by atoms with E-state index >= 15 is 0 Å². The summed E-state index contributed by atoms with van der Waals surface area (Å²) in [6.45, 7) is 1.43. The van der Waals surface area contributed by atoms with Gasteiger partial charge in [0.05, 0.1) is 20.5 Å². The summed E-state index contributed by atoms with van der Waals surface area (Å²) >= 11 is 0. The zero-order chi connectivity index (χ0) is 15.1. The fourth-order valence-electron chi connectivity index (χ4n) is 1.96. The second kappa shape index (κ2) is 7.33. The van der Waals surface area contributed by atoms with Crippen molar-refractivity contribution in [1.82, 2.24) is 14.9 Å². The van der Waals surface area contributed by atoms with Crippen LogP contribution in [0.2, 0.25) is 0 Å². The molecule has 6 heteroatoms. The van der Waals surface area contributed by atoms with Gasteiger partial charge in [0.25, 0.3) is 5.91 Å². The molecule has 1 amide bonds. The van der Waals surface area contributed by atoms with Crippen LogP contribution in [0.4, 0.5) is 0 Å². The molecule has 0 bridgehead atoms. The normalized spacial score (nSPS) is 10.2. The average molecular weight is 289 g/mol. The van der Waals surface area contributed by atoms with Gasteiger partial charge < -0.3 is 19.4 Å². The van der Waals surface area contributed by atoms with Crippen molar-refractivity contribution < 1.29 is 14.3 Å². The summed E-state index contributed by atoms with van der Waals surface area (Å²) in [7, 11) is 3.11. The highest BCUT2D eigenvalue weighted by atomic mass is 16.5. The number of rotatable bonds is 7. The monoisotopic (exact) mass is 289 g/mol. The molecule has 0 aliphatic carbocycles. The Bertz CT molecular complexity index is 582. The Morgan fingerprint density at radius 2 is 2.10 bits per heavy atom. The van der Waals surface area contributed by atoms with Crippen molar-refractivity contribution in [3.05, 3.63) is 42.5 Å². The topological polar surface area (TPSA) is 65.4 Å². The molecule has 0 saturated carbocycles. The van der Waals surface area contributed by atoms with Crippen LogP contribution in [0.1, 0.15) is 16.8 Å². The predicted molar refractivity (Wildman–Crippen MR) is 78.7 cm³/mol. The summed E-state index contributed by atoms with van der Waals surface area (Å²) in [5.41, 5.74) is 0.551. The van der Waals surface area contributed by atoms with Crippen molar-refractivity contribution in [3.63, 3.8) is 0 Å². The summed E-state index contributed by atoms with van der Waals surface area (Å²) in [6, 6.07) is 5.11. The molecular formula is C15H19N3O3. The van der Waals surface area contributed by atoms with Crippen molar-refractivity contribution in [2.75, 3.05) is 20.8 Å². The number of aromatic nitrogens is 2. The number of carbonyl (C=O) groups excluding carboxylic acids is 1. The minimum Gasteiger partial charge on any atom is -0.493 e. The van der Waals surface area contributed by atoms with E-state index in [0.717, 1.165) is 13.0 Å². The molecule has 0 aliphatic heterocycles. The molecule has 2 aromatic rings. The van der Waals surface area contributed by atoms with E-state index in [0.29, 0.717) is 23.6 Å². The second-order valence-corrected chi connectivity index (χ2v) is 4.48. The Balaban J connectivity index is 1.85. The van der Waals surface area contributed by atoms with E-state index in [1.54, 1.807) is 44.9 Å². The molecule has 0 radical (unpaired) electrons. The van der Waals surface area contributed by atoms with Crippen LogP contribution < -0.4 is 14.8 Å². The number of nitrogens with zero attached hydrogens (tertiary/aromatic N) is 2. The lowest BCUT2D eigenvalue weighted by Gasteiger charge is -2.10. The number of aryl methyl sites for hydroxylation is 1. The van der Waals surface area contributed by atoms with Gasteiger partial charge in [-0.2, -0.15) is 0 Å². The standard InChI is InChI=1S/C15H19N3O3/c1-20-13-5-4-12(10-14(13)21-2)15(19)17-6-3-8-18-9-7-16-11-18/h4-5,7,9-11H,3,6,8H2,1-2H3,(H,17,19). The molecule has 0 spiro atoms. The van der Waals surface area contributed by atoms with Crippen molar-refractivity contribution in [2.45, 2.75) is 13.0 Å². The Morgan fingerprint density at radius 3 is 2.76 bits per heavy atom. The van der Waals surface area contributed by atoms with Crippen molar-refractivity contribution in [2.24, 2.45) is 0 Å². The highest BCUT2D eigenvalue weighted by Crippen LogP contribution is 2.27. The first-order valence-corrected chi connectivity index (χ1v) is 6.70. The van der Waals surface area contributed by atoms with Crippen LogP contribution in [0.5, 0.6) is 11.5 Å². The van der Waals surface area contributed by atoms with Crippen LogP contribution in [0.25, 0.3) is 0 Å². The number of hydrogen-bond acceptors (Lipinski definition) is 4. The second-order valence-electron chi connectivity index (χ2n) is 4.48. The van der Waals surface area contributed by atoms with Crippen LogP contribution in [0, 0.1) is 0 Å². The zero-order valence-electron chi connectivity index (χ0n) is 12.2. The molecule has 1 aromatic carbocycles. The van der Waals surface area contributed by atoms with Gasteiger partial charge in [-0.3, -0.25) is 4.79 Å². The van der Waals surface area contributed by atoms with Gasteiger partial charge in [-0.25, -0.2) is 4.98 Å². The van der Waals surface area contributed by atoms with Gasteiger partial charge >= 0.3 is 0 Å². The summed E-state index contributed by atoms with van der Waals surface area (Å²) in [5, 5.41) is 2.88. The molecule has 0 saturated heterocycles.